The van der Waals surface area contributed by atoms with Crippen molar-refractivity contribution in [3.8, 4) is 0 Å². The molecule has 2 fully saturated rings. The highest BCUT2D eigenvalue weighted by molar-refractivity contribution is 6.30. The minimum atomic E-state index is -0.772. The van der Waals surface area contributed by atoms with Crippen molar-refractivity contribution < 1.29 is 23.9 Å². The molecule has 8 heteroatoms. The van der Waals surface area contributed by atoms with Crippen LogP contribution in [0.25, 0.3) is 0 Å². The second-order valence-electron chi connectivity index (χ2n) is 7.26. The van der Waals surface area contributed by atoms with Gasteiger partial charge >= 0.3 is 5.97 Å². The minimum absolute atomic E-state index is 0.300. The molecule has 0 spiro atoms. The zero-order chi connectivity index (χ0) is 20.3. The Morgan fingerprint density at radius 1 is 1.21 bits per heavy atom. The van der Waals surface area contributed by atoms with Gasteiger partial charge in [-0.1, -0.05) is 36.6 Å². The lowest BCUT2D eigenvalue weighted by Gasteiger charge is -2.19. The van der Waals surface area contributed by atoms with Gasteiger partial charge in [0.1, 0.15) is 6.54 Å². The maximum Gasteiger partial charge on any atom is 0.326 e. The molecular weight excluding hydrogens is 384 g/mol. The van der Waals surface area contributed by atoms with Gasteiger partial charge in [-0.15, -0.1) is 0 Å². The molecule has 2 aliphatic rings. The number of hydrogen-bond donors (Lipinski definition) is 1. The first-order valence-electron chi connectivity index (χ1n) is 9.42. The van der Waals surface area contributed by atoms with Crippen molar-refractivity contribution in [3.63, 3.8) is 0 Å². The summed E-state index contributed by atoms with van der Waals surface area (Å²) >= 11 is 5.94. The van der Waals surface area contributed by atoms with Gasteiger partial charge in [0, 0.05) is 5.02 Å². The van der Waals surface area contributed by atoms with E-state index >= 15 is 0 Å². The van der Waals surface area contributed by atoms with Gasteiger partial charge < -0.3 is 10.1 Å². The Morgan fingerprint density at radius 2 is 1.86 bits per heavy atom. The maximum atomic E-state index is 12.4. The van der Waals surface area contributed by atoms with Gasteiger partial charge in [-0.2, -0.15) is 0 Å². The molecule has 1 aliphatic heterocycles. The zero-order valence-electron chi connectivity index (χ0n) is 15.7. The van der Waals surface area contributed by atoms with Crippen LogP contribution in [0.3, 0.4) is 0 Å². The summed E-state index contributed by atoms with van der Waals surface area (Å²) in [4.78, 5) is 49.8. The fourth-order valence-electron chi connectivity index (χ4n) is 3.85. The third kappa shape index (κ3) is 4.52. The summed E-state index contributed by atoms with van der Waals surface area (Å²) in [7, 11) is 0. The first kappa shape index (κ1) is 20.3. The third-order valence-electron chi connectivity index (χ3n) is 5.31. The van der Waals surface area contributed by atoms with Crippen LogP contribution in [0.5, 0.6) is 0 Å². The standard InChI is InChI=1S/C20H23ClN2O5/c1-12(13-5-4-6-14(21)9-13)22-17(24)11-28-18(25)10-23-19(26)15-7-2-3-8-16(15)20(23)27/h4-6,9,12,15-16H,2-3,7-8,10-11H2,1H3,(H,22,24)/t12-,15-,16-/m0/s1. The summed E-state index contributed by atoms with van der Waals surface area (Å²) in [5.41, 5.74) is 0.822. The number of nitrogens with zero attached hydrogens (tertiary/aromatic N) is 1. The predicted octanol–water partition coefficient (Wildman–Crippen LogP) is 2.24. The molecule has 0 bridgehead atoms. The number of rotatable bonds is 6. The van der Waals surface area contributed by atoms with E-state index in [0.29, 0.717) is 17.9 Å². The molecule has 1 saturated carbocycles. The van der Waals surface area contributed by atoms with Crippen LogP contribution in [0, 0.1) is 11.8 Å². The summed E-state index contributed by atoms with van der Waals surface area (Å²) in [6.45, 7) is 0.864. The van der Waals surface area contributed by atoms with Gasteiger partial charge in [0.25, 0.3) is 5.91 Å². The first-order chi connectivity index (χ1) is 13.4. The quantitative estimate of drug-likeness (QED) is 0.577. The summed E-state index contributed by atoms with van der Waals surface area (Å²) in [5.74, 6) is -2.47. The molecule has 3 amide bonds. The largest absolute Gasteiger partial charge is 0.454 e. The van der Waals surface area contributed by atoms with Crippen LogP contribution in [-0.4, -0.2) is 41.7 Å². The number of amides is 3. The van der Waals surface area contributed by atoms with E-state index in [4.69, 9.17) is 16.3 Å². The third-order valence-corrected chi connectivity index (χ3v) is 5.55. The number of ether oxygens (including phenoxy) is 1. The minimum Gasteiger partial charge on any atom is -0.454 e. The Kier molecular flexibility index (Phi) is 6.34. The van der Waals surface area contributed by atoms with E-state index in [1.807, 2.05) is 6.07 Å². The van der Waals surface area contributed by atoms with Gasteiger partial charge in [-0.25, -0.2) is 0 Å². The second kappa shape index (κ2) is 8.73. The number of benzene rings is 1. The number of fused-ring (bicyclic) bond motifs is 1. The normalized spacial score (nSPS) is 22.6. The van der Waals surface area contributed by atoms with Crippen molar-refractivity contribution in [2.75, 3.05) is 13.2 Å². The second-order valence-corrected chi connectivity index (χ2v) is 7.70. The van der Waals surface area contributed by atoms with E-state index in [1.54, 1.807) is 25.1 Å². The molecule has 0 radical (unpaired) electrons. The van der Waals surface area contributed by atoms with Crippen LogP contribution in [0.2, 0.25) is 5.02 Å². The van der Waals surface area contributed by atoms with Crippen LogP contribution in [0.1, 0.15) is 44.2 Å². The summed E-state index contributed by atoms with van der Waals surface area (Å²) in [5, 5.41) is 3.27. The van der Waals surface area contributed by atoms with E-state index in [1.165, 1.54) is 0 Å². The molecule has 28 heavy (non-hydrogen) atoms. The number of halogens is 1. The molecule has 7 nitrogen and oxygen atoms in total. The Labute approximate surface area is 168 Å². The molecular formula is C20H23ClN2O5. The molecule has 1 N–H and O–H groups in total. The van der Waals surface area contributed by atoms with Gasteiger partial charge in [0.05, 0.1) is 17.9 Å². The Balaban J connectivity index is 1.47. The number of esters is 1. The lowest BCUT2D eigenvalue weighted by Crippen LogP contribution is -2.38. The van der Waals surface area contributed by atoms with Crippen molar-refractivity contribution in [1.82, 2.24) is 10.2 Å². The lowest BCUT2D eigenvalue weighted by molar-refractivity contribution is -0.155. The van der Waals surface area contributed by atoms with Crippen LogP contribution < -0.4 is 5.32 Å². The van der Waals surface area contributed by atoms with E-state index < -0.39 is 25.0 Å². The number of carbonyl (C=O) groups excluding carboxylic acids is 4. The highest BCUT2D eigenvalue weighted by Crippen LogP contribution is 2.37. The van der Waals surface area contributed by atoms with E-state index in [0.717, 1.165) is 23.3 Å². The molecule has 1 saturated heterocycles. The topological polar surface area (TPSA) is 92.8 Å². The number of hydrogen-bond acceptors (Lipinski definition) is 5. The molecule has 1 aliphatic carbocycles. The molecule has 3 atom stereocenters. The molecule has 0 unspecified atom stereocenters. The number of likely N-dealkylation sites (tertiary alicyclic amines) is 1. The van der Waals surface area contributed by atoms with Crippen molar-refractivity contribution in [2.24, 2.45) is 11.8 Å². The first-order valence-corrected chi connectivity index (χ1v) is 9.80. The molecule has 1 aromatic carbocycles. The molecule has 1 aromatic rings. The van der Waals surface area contributed by atoms with Crippen molar-refractivity contribution in [2.45, 2.75) is 38.6 Å². The number of nitrogens with one attached hydrogen (secondary N) is 1. The fraction of sp³-hybridized carbons (Fsp3) is 0.500. The summed E-state index contributed by atoms with van der Waals surface area (Å²) < 4.78 is 4.95. The average Bonchev–Trinajstić information content (AvgIpc) is 2.91. The van der Waals surface area contributed by atoms with E-state index in [2.05, 4.69) is 5.32 Å². The lowest BCUT2D eigenvalue weighted by atomic mass is 9.81. The van der Waals surface area contributed by atoms with Gasteiger partial charge in [-0.05, 0) is 37.5 Å². The van der Waals surface area contributed by atoms with Crippen molar-refractivity contribution in [1.29, 1.82) is 0 Å². The van der Waals surface area contributed by atoms with Gasteiger partial charge in [0.2, 0.25) is 11.8 Å². The van der Waals surface area contributed by atoms with Gasteiger partial charge in [0.15, 0.2) is 6.61 Å². The highest BCUT2D eigenvalue weighted by Gasteiger charge is 2.48. The van der Waals surface area contributed by atoms with Crippen LogP contribution in [0.4, 0.5) is 0 Å². The SMILES string of the molecule is C[C@H](NC(=O)COC(=O)CN1C(=O)[C@H]2CCCC[C@@H]2C1=O)c1cccc(Cl)c1. The van der Waals surface area contributed by atoms with Crippen molar-refractivity contribution >= 4 is 35.3 Å². The molecule has 150 valence electrons. The molecule has 1 heterocycles. The van der Waals surface area contributed by atoms with Crippen LogP contribution >= 0.6 is 11.6 Å². The van der Waals surface area contributed by atoms with Crippen LogP contribution in [-0.2, 0) is 23.9 Å². The Morgan fingerprint density at radius 3 is 2.46 bits per heavy atom. The Hall–Kier alpha value is -2.41. The number of carbonyl (C=O) groups is 4. The average molecular weight is 407 g/mol. The fourth-order valence-corrected chi connectivity index (χ4v) is 4.05. The zero-order valence-corrected chi connectivity index (χ0v) is 16.4. The predicted molar refractivity (Wildman–Crippen MR) is 101 cm³/mol. The molecule has 3 rings (SSSR count). The smallest absolute Gasteiger partial charge is 0.326 e. The summed E-state index contributed by atoms with van der Waals surface area (Å²) in [6, 6.07) is 6.77. The van der Waals surface area contributed by atoms with Crippen LogP contribution in [0.15, 0.2) is 24.3 Å². The number of imide groups is 1. The van der Waals surface area contributed by atoms with Gasteiger partial charge in [-0.3, -0.25) is 24.1 Å². The Bertz CT molecular complexity index is 773. The van der Waals surface area contributed by atoms with E-state index in [-0.39, 0.29) is 29.7 Å². The molecule has 0 aromatic heterocycles. The van der Waals surface area contributed by atoms with Crippen molar-refractivity contribution in [3.05, 3.63) is 34.9 Å². The summed E-state index contributed by atoms with van der Waals surface area (Å²) in [6.07, 6.45) is 3.21. The van der Waals surface area contributed by atoms with E-state index in [9.17, 15) is 19.2 Å². The maximum absolute atomic E-state index is 12.4. The monoisotopic (exact) mass is 406 g/mol. The highest BCUT2D eigenvalue weighted by atomic mass is 35.5.